The Labute approximate surface area is 125 Å². The molecule has 20 heavy (non-hydrogen) atoms. The van der Waals surface area contributed by atoms with Crippen molar-refractivity contribution in [3.8, 4) is 11.3 Å². The van der Waals surface area contributed by atoms with E-state index in [0.717, 1.165) is 18.0 Å². The Hall–Kier alpha value is -1.19. The zero-order valence-corrected chi connectivity index (χ0v) is 12.8. The molecule has 0 aliphatic heterocycles. The average Bonchev–Trinajstić information content (AvgIpc) is 2.92. The summed E-state index contributed by atoms with van der Waals surface area (Å²) >= 11 is 1.77. The van der Waals surface area contributed by atoms with Crippen LogP contribution in [0.5, 0.6) is 0 Å². The maximum Gasteiger partial charge on any atom is 0.0935 e. The molecule has 1 saturated carbocycles. The standard InChI is InChI=1S/C17H22N2S/c1-12-7-8-15(18)14(9-12)10-17-19-16(11-20-17)13-5-3-2-4-6-13/h2-6,11-12,14-15H,7-10,18H2,1H3. The predicted octanol–water partition coefficient (Wildman–Crippen LogP) is 4.12. The first-order valence-corrected chi connectivity index (χ1v) is 8.35. The highest BCUT2D eigenvalue weighted by Crippen LogP contribution is 2.32. The Morgan fingerprint density at radius 1 is 1.25 bits per heavy atom. The number of aromatic nitrogens is 1. The third-order valence-electron chi connectivity index (χ3n) is 4.36. The van der Waals surface area contributed by atoms with E-state index >= 15 is 0 Å². The lowest BCUT2D eigenvalue weighted by molar-refractivity contribution is 0.244. The molecule has 106 valence electrons. The van der Waals surface area contributed by atoms with Gasteiger partial charge in [-0.25, -0.2) is 4.98 Å². The molecule has 3 atom stereocenters. The van der Waals surface area contributed by atoms with Gasteiger partial charge in [0, 0.05) is 23.4 Å². The summed E-state index contributed by atoms with van der Waals surface area (Å²) in [6, 6.07) is 10.8. The minimum absolute atomic E-state index is 0.357. The van der Waals surface area contributed by atoms with Crippen LogP contribution in [0.1, 0.15) is 31.2 Å². The van der Waals surface area contributed by atoms with Crippen molar-refractivity contribution < 1.29 is 0 Å². The van der Waals surface area contributed by atoms with Crippen molar-refractivity contribution in [2.45, 2.75) is 38.6 Å². The second-order valence-electron chi connectivity index (χ2n) is 6.04. The van der Waals surface area contributed by atoms with Crippen molar-refractivity contribution in [3.05, 3.63) is 40.7 Å². The maximum atomic E-state index is 6.28. The lowest BCUT2D eigenvalue weighted by Gasteiger charge is -2.32. The van der Waals surface area contributed by atoms with Crippen LogP contribution in [0, 0.1) is 11.8 Å². The monoisotopic (exact) mass is 286 g/mol. The Morgan fingerprint density at radius 2 is 2.05 bits per heavy atom. The van der Waals surface area contributed by atoms with Crippen LogP contribution in [0.3, 0.4) is 0 Å². The topological polar surface area (TPSA) is 38.9 Å². The molecule has 1 aromatic carbocycles. The lowest BCUT2D eigenvalue weighted by atomic mass is 9.78. The molecule has 0 saturated heterocycles. The van der Waals surface area contributed by atoms with E-state index in [1.165, 1.54) is 29.8 Å². The van der Waals surface area contributed by atoms with Crippen molar-refractivity contribution in [2.24, 2.45) is 17.6 Å². The van der Waals surface area contributed by atoms with Crippen molar-refractivity contribution in [2.75, 3.05) is 0 Å². The Bertz CT molecular complexity index is 549. The van der Waals surface area contributed by atoms with Gasteiger partial charge in [-0.3, -0.25) is 0 Å². The van der Waals surface area contributed by atoms with E-state index < -0.39 is 0 Å². The minimum Gasteiger partial charge on any atom is -0.327 e. The molecule has 2 aromatic rings. The number of thiazole rings is 1. The first-order chi connectivity index (χ1) is 9.72. The van der Waals surface area contributed by atoms with Gasteiger partial charge in [0.2, 0.25) is 0 Å². The molecule has 2 nitrogen and oxygen atoms in total. The van der Waals surface area contributed by atoms with Crippen molar-refractivity contribution in [1.29, 1.82) is 0 Å². The van der Waals surface area contributed by atoms with Gasteiger partial charge in [0.15, 0.2) is 0 Å². The zero-order chi connectivity index (χ0) is 13.9. The molecular weight excluding hydrogens is 264 g/mol. The minimum atomic E-state index is 0.357. The van der Waals surface area contributed by atoms with E-state index in [1.807, 2.05) is 6.07 Å². The SMILES string of the molecule is CC1CCC(N)C(Cc2nc(-c3ccccc3)cs2)C1. The summed E-state index contributed by atoms with van der Waals surface area (Å²) in [7, 11) is 0. The van der Waals surface area contributed by atoms with E-state index in [2.05, 4.69) is 36.6 Å². The van der Waals surface area contributed by atoms with Gasteiger partial charge in [-0.1, -0.05) is 37.3 Å². The van der Waals surface area contributed by atoms with Gasteiger partial charge < -0.3 is 5.73 Å². The van der Waals surface area contributed by atoms with Gasteiger partial charge in [-0.05, 0) is 31.1 Å². The molecule has 1 aromatic heterocycles. The summed E-state index contributed by atoms with van der Waals surface area (Å²) in [5, 5.41) is 3.40. The molecule has 0 spiro atoms. The largest absolute Gasteiger partial charge is 0.327 e. The smallest absolute Gasteiger partial charge is 0.0935 e. The van der Waals surface area contributed by atoms with Crippen LogP contribution in [0.2, 0.25) is 0 Å². The number of hydrogen-bond donors (Lipinski definition) is 1. The van der Waals surface area contributed by atoms with Crippen LogP contribution in [-0.2, 0) is 6.42 Å². The second kappa shape index (κ2) is 6.06. The predicted molar refractivity (Wildman–Crippen MR) is 85.7 cm³/mol. The van der Waals surface area contributed by atoms with Crippen LogP contribution in [-0.4, -0.2) is 11.0 Å². The van der Waals surface area contributed by atoms with Crippen LogP contribution in [0.25, 0.3) is 11.3 Å². The molecule has 2 N–H and O–H groups in total. The van der Waals surface area contributed by atoms with Crippen molar-refractivity contribution >= 4 is 11.3 Å². The highest BCUT2D eigenvalue weighted by molar-refractivity contribution is 7.09. The fourth-order valence-corrected chi connectivity index (χ4v) is 4.03. The van der Waals surface area contributed by atoms with Crippen LogP contribution >= 0.6 is 11.3 Å². The normalized spacial score (nSPS) is 26.6. The Kier molecular flexibility index (Phi) is 4.18. The third-order valence-corrected chi connectivity index (χ3v) is 5.23. The van der Waals surface area contributed by atoms with E-state index in [0.29, 0.717) is 12.0 Å². The summed E-state index contributed by atoms with van der Waals surface area (Å²) in [6.07, 6.45) is 4.75. The number of nitrogens with zero attached hydrogens (tertiary/aromatic N) is 1. The van der Waals surface area contributed by atoms with Gasteiger partial charge in [0.05, 0.1) is 10.7 Å². The average molecular weight is 286 g/mol. The summed E-state index contributed by atoms with van der Waals surface area (Å²) in [5.74, 6) is 1.42. The molecule has 1 aliphatic rings. The quantitative estimate of drug-likeness (QED) is 0.922. The maximum absolute atomic E-state index is 6.28. The number of rotatable bonds is 3. The van der Waals surface area contributed by atoms with Gasteiger partial charge >= 0.3 is 0 Å². The first kappa shape index (κ1) is 13.8. The highest BCUT2D eigenvalue weighted by Gasteiger charge is 2.26. The molecule has 1 fully saturated rings. The van der Waals surface area contributed by atoms with E-state index in [1.54, 1.807) is 11.3 Å². The summed E-state index contributed by atoms with van der Waals surface area (Å²) in [4.78, 5) is 4.80. The van der Waals surface area contributed by atoms with Gasteiger partial charge in [0.25, 0.3) is 0 Å². The van der Waals surface area contributed by atoms with Gasteiger partial charge in [-0.15, -0.1) is 11.3 Å². The molecule has 0 radical (unpaired) electrons. The summed E-state index contributed by atoms with van der Waals surface area (Å²) < 4.78 is 0. The van der Waals surface area contributed by atoms with Crippen LogP contribution in [0.4, 0.5) is 0 Å². The molecule has 3 rings (SSSR count). The summed E-state index contributed by atoms with van der Waals surface area (Å²) in [5.41, 5.74) is 8.59. The third kappa shape index (κ3) is 3.10. The first-order valence-electron chi connectivity index (χ1n) is 7.48. The zero-order valence-electron chi connectivity index (χ0n) is 12.0. The molecule has 1 aliphatic carbocycles. The number of benzene rings is 1. The molecule has 3 unspecified atom stereocenters. The van der Waals surface area contributed by atoms with E-state index in [4.69, 9.17) is 10.7 Å². The molecule has 0 bridgehead atoms. The van der Waals surface area contributed by atoms with Gasteiger partial charge in [-0.2, -0.15) is 0 Å². The Balaban J connectivity index is 1.71. The molecule has 0 amide bonds. The fourth-order valence-electron chi connectivity index (χ4n) is 3.13. The van der Waals surface area contributed by atoms with Crippen LogP contribution in [0.15, 0.2) is 35.7 Å². The molecule has 3 heteroatoms. The fraction of sp³-hybridized carbons (Fsp3) is 0.471. The molecular formula is C17H22N2S. The van der Waals surface area contributed by atoms with Crippen molar-refractivity contribution in [1.82, 2.24) is 4.98 Å². The molecule has 1 heterocycles. The van der Waals surface area contributed by atoms with Gasteiger partial charge in [0.1, 0.15) is 0 Å². The van der Waals surface area contributed by atoms with E-state index in [-0.39, 0.29) is 0 Å². The van der Waals surface area contributed by atoms with Crippen LogP contribution < -0.4 is 5.73 Å². The lowest BCUT2D eigenvalue weighted by Crippen LogP contribution is -2.36. The van der Waals surface area contributed by atoms with Crippen molar-refractivity contribution in [3.63, 3.8) is 0 Å². The summed E-state index contributed by atoms with van der Waals surface area (Å²) in [6.45, 7) is 2.34. The Morgan fingerprint density at radius 3 is 2.85 bits per heavy atom. The van der Waals surface area contributed by atoms with E-state index in [9.17, 15) is 0 Å². The number of nitrogens with two attached hydrogens (primary N) is 1. The highest BCUT2D eigenvalue weighted by atomic mass is 32.1. The number of hydrogen-bond acceptors (Lipinski definition) is 3. The second-order valence-corrected chi connectivity index (χ2v) is 6.98.